The van der Waals surface area contributed by atoms with Gasteiger partial charge in [-0.05, 0) is 67.6 Å². The van der Waals surface area contributed by atoms with Gasteiger partial charge in [-0.2, -0.15) is 0 Å². The van der Waals surface area contributed by atoms with Crippen LogP contribution in [-0.2, 0) is 19.4 Å². The smallest absolute Gasteiger partial charge is 0.141 e. The fraction of sp³-hybridized carbons (Fsp3) is 0.250. The predicted molar refractivity (Wildman–Crippen MR) is 125 cm³/mol. The maximum absolute atomic E-state index is 6.51. The Morgan fingerprint density at radius 3 is 2.23 bits per heavy atom. The summed E-state index contributed by atoms with van der Waals surface area (Å²) in [7, 11) is 0. The molecule has 1 heterocycles. The van der Waals surface area contributed by atoms with E-state index >= 15 is 0 Å². The van der Waals surface area contributed by atoms with Crippen molar-refractivity contribution in [3.8, 4) is 17.2 Å². The lowest BCUT2D eigenvalue weighted by molar-refractivity contribution is 0.306. The summed E-state index contributed by atoms with van der Waals surface area (Å²) >= 11 is 0. The van der Waals surface area contributed by atoms with E-state index in [0.717, 1.165) is 46.6 Å². The average Bonchev–Trinajstić information content (AvgIpc) is 2.80. The topological polar surface area (TPSA) is 31.4 Å². The van der Waals surface area contributed by atoms with Crippen LogP contribution in [0.1, 0.15) is 42.5 Å². The molecule has 0 radical (unpaired) electrons. The maximum atomic E-state index is 6.51. The Morgan fingerprint density at radius 1 is 0.677 bits per heavy atom. The monoisotopic (exact) mass is 409 g/mol. The molecule has 3 nitrogen and oxygen atoms in total. The van der Waals surface area contributed by atoms with Crippen LogP contribution in [0.5, 0.6) is 17.2 Å². The first kappa shape index (κ1) is 19.6. The van der Waals surface area contributed by atoms with E-state index in [2.05, 4.69) is 30.3 Å². The second-order valence-corrected chi connectivity index (χ2v) is 8.15. The fourth-order valence-corrected chi connectivity index (χ4v) is 4.26. The molecule has 0 saturated heterocycles. The molecule has 1 aliphatic rings. The number of benzene rings is 3. The Morgan fingerprint density at radius 2 is 1.39 bits per heavy atom. The summed E-state index contributed by atoms with van der Waals surface area (Å²) in [4.78, 5) is 4.99. The van der Waals surface area contributed by atoms with E-state index in [1.807, 2.05) is 48.5 Å². The summed E-state index contributed by atoms with van der Waals surface area (Å²) in [6.07, 6.45) is 7.01. The van der Waals surface area contributed by atoms with Crippen molar-refractivity contribution in [2.45, 2.75) is 45.1 Å². The molecule has 3 heteroatoms. The number of hydrogen-bond acceptors (Lipinski definition) is 3. The summed E-state index contributed by atoms with van der Waals surface area (Å²) in [5.41, 5.74) is 4.66. The largest absolute Gasteiger partial charge is 0.489 e. The maximum Gasteiger partial charge on any atom is 0.141 e. The third-order valence-corrected chi connectivity index (χ3v) is 5.91. The van der Waals surface area contributed by atoms with E-state index in [1.165, 1.54) is 36.9 Å². The lowest BCUT2D eigenvalue weighted by Crippen LogP contribution is -2.06. The molecule has 3 aromatic carbocycles. The van der Waals surface area contributed by atoms with Gasteiger partial charge < -0.3 is 9.47 Å². The molecular formula is C28H27NO2. The average molecular weight is 410 g/mol. The number of ether oxygens (including phenoxy) is 2. The van der Waals surface area contributed by atoms with Crippen molar-refractivity contribution < 1.29 is 9.47 Å². The van der Waals surface area contributed by atoms with Crippen molar-refractivity contribution in [1.29, 1.82) is 0 Å². The first-order chi connectivity index (χ1) is 15.4. The molecular weight excluding hydrogens is 382 g/mol. The highest BCUT2D eigenvalue weighted by Crippen LogP contribution is 2.37. The molecule has 0 bridgehead atoms. The van der Waals surface area contributed by atoms with Crippen LogP contribution in [0.25, 0.3) is 10.9 Å². The molecule has 0 spiro atoms. The van der Waals surface area contributed by atoms with Crippen molar-refractivity contribution in [2.24, 2.45) is 0 Å². The highest BCUT2D eigenvalue weighted by molar-refractivity contribution is 5.87. The van der Waals surface area contributed by atoms with Gasteiger partial charge in [-0.3, -0.25) is 4.98 Å². The highest BCUT2D eigenvalue weighted by Gasteiger charge is 2.18. The highest BCUT2D eigenvalue weighted by atomic mass is 16.5. The van der Waals surface area contributed by atoms with Gasteiger partial charge in [-0.1, -0.05) is 55.3 Å². The Hall–Kier alpha value is -3.33. The van der Waals surface area contributed by atoms with Gasteiger partial charge in [0.25, 0.3) is 0 Å². The zero-order chi connectivity index (χ0) is 20.9. The number of aryl methyl sites for hydroxylation is 1. The van der Waals surface area contributed by atoms with Gasteiger partial charge in [0.15, 0.2) is 0 Å². The number of pyridine rings is 1. The van der Waals surface area contributed by atoms with Gasteiger partial charge in [0.1, 0.15) is 23.9 Å². The molecule has 5 rings (SSSR count). The van der Waals surface area contributed by atoms with Crippen LogP contribution >= 0.6 is 0 Å². The number of rotatable bonds is 5. The van der Waals surface area contributed by atoms with Gasteiger partial charge in [0.2, 0.25) is 0 Å². The standard InChI is InChI=1S/C28H27NO2/c1-2-7-14-26-24(12-6-1)28(25-13-8-9-15-27(25)29-26)31-23-18-16-22(17-19-23)30-20-21-10-4-3-5-11-21/h3-5,8-11,13,15-19H,1-2,6-7,12,14,20H2. The Bertz CT molecular complexity index is 1150. The minimum atomic E-state index is 0.559. The van der Waals surface area contributed by atoms with Crippen molar-refractivity contribution in [1.82, 2.24) is 4.98 Å². The van der Waals surface area contributed by atoms with Crippen molar-refractivity contribution in [2.75, 3.05) is 0 Å². The van der Waals surface area contributed by atoms with Crippen molar-refractivity contribution in [3.63, 3.8) is 0 Å². The molecule has 1 aliphatic carbocycles. The summed E-state index contributed by atoms with van der Waals surface area (Å²) < 4.78 is 12.4. The Balaban J connectivity index is 1.41. The molecule has 0 unspecified atom stereocenters. The van der Waals surface area contributed by atoms with Crippen LogP contribution in [0.4, 0.5) is 0 Å². The third kappa shape index (κ3) is 4.56. The Kier molecular flexibility index (Phi) is 5.83. The number of fused-ring (bicyclic) bond motifs is 2. The Labute approximate surface area is 183 Å². The predicted octanol–water partition coefficient (Wildman–Crippen LogP) is 7.27. The normalized spacial score (nSPS) is 13.8. The second-order valence-electron chi connectivity index (χ2n) is 8.15. The fourth-order valence-electron chi connectivity index (χ4n) is 4.26. The van der Waals surface area contributed by atoms with Crippen LogP contribution in [0.3, 0.4) is 0 Å². The molecule has 31 heavy (non-hydrogen) atoms. The number of para-hydroxylation sites is 1. The van der Waals surface area contributed by atoms with E-state index in [0.29, 0.717) is 6.61 Å². The van der Waals surface area contributed by atoms with Gasteiger partial charge in [0.05, 0.1) is 5.52 Å². The van der Waals surface area contributed by atoms with Crippen molar-refractivity contribution in [3.05, 3.63) is 95.7 Å². The number of hydrogen-bond donors (Lipinski definition) is 0. The van der Waals surface area contributed by atoms with E-state index in [9.17, 15) is 0 Å². The molecule has 0 aliphatic heterocycles. The first-order valence-corrected chi connectivity index (χ1v) is 11.2. The lowest BCUT2D eigenvalue weighted by Gasteiger charge is -2.19. The molecule has 4 aromatic rings. The van der Waals surface area contributed by atoms with Crippen LogP contribution in [0.2, 0.25) is 0 Å². The van der Waals surface area contributed by atoms with Gasteiger partial charge >= 0.3 is 0 Å². The van der Waals surface area contributed by atoms with E-state index < -0.39 is 0 Å². The van der Waals surface area contributed by atoms with Crippen LogP contribution in [0.15, 0.2) is 78.9 Å². The van der Waals surface area contributed by atoms with E-state index in [1.54, 1.807) is 0 Å². The lowest BCUT2D eigenvalue weighted by atomic mass is 9.95. The molecule has 0 amide bonds. The van der Waals surface area contributed by atoms with Gasteiger partial charge in [-0.15, -0.1) is 0 Å². The van der Waals surface area contributed by atoms with Crippen LogP contribution in [0, 0.1) is 0 Å². The molecule has 0 atom stereocenters. The quantitative estimate of drug-likeness (QED) is 0.347. The van der Waals surface area contributed by atoms with E-state index in [-0.39, 0.29) is 0 Å². The first-order valence-electron chi connectivity index (χ1n) is 11.2. The molecule has 1 aromatic heterocycles. The van der Waals surface area contributed by atoms with Crippen molar-refractivity contribution >= 4 is 10.9 Å². The SMILES string of the molecule is c1ccc(COc2ccc(Oc3c4c(nc5ccccc35)CCCCCC4)cc2)cc1. The summed E-state index contributed by atoms with van der Waals surface area (Å²) in [6.45, 7) is 0.559. The molecule has 0 saturated carbocycles. The second kappa shape index (κ2) is 9.22. The van der Waals surface area contributed by atoms with Crippen LogP contribution in [-0.4, -0.2) is 4.98 Å². The summed E-state index contributed by atoms with van der Waals surface area (Å²) in [5, 5.41) is 1.09. The van der Waals surface area contributed by atoms with Gasteiger partial charge in [0, 0.05) is 16.6 Å². The molecule has 0 N–H and O–H groups in total. The number of aromatic nitrogens is 1. The zero-order valence-corrected chi connectivity index (χ0v) is 17.7. The minimum Gasteiger partial charge on any atom is -0.489 e. The molecule has 156 valence electrons. The van der Waals surface area contributed by atoms with Crippen LogP contribution < -0.4 is 9.47 Å². The zero-order valence-electron chi connectivity index (χ0n) is 17.7. The summed E-state index contributed by atoms with van der Waals surface area (Å²) in [5.74, 6) is 2.64. The molecule has 0 fully saturated rings. The third-order valence-electron chi connectivity index (χ3n) is 5.91. The number of nitrogens with zero attached hydrogens (tertiary/aromatic N) is 1. The minimum absolute atomic E-state index is 0.559. The van der Waals surface area contributed by atoms with Gasteiger partial charge in [-0.25, -0.2) is 0 Å². The van der Waals surface area contributed by atoms with E-state index in [4.69, 9.17) is 14.5 Å². The summed E-state index contributed by atoms with van der Waals surface area (Å²) in [6, 6.07) is 26.5.